The van der Waals surface area contributed by atoms with Crippen LogP contribution in [0.2, 0.25) is 5.02 Å². The fraction of sp³-hybridized carbons (Fsp3) is 0.438. The topological polar surface area (TPSA) is 97.5 Å². The van der Waals surface area contributed by atoms with Gasteiger partial charge in [0.1, 0.15) is 11.0 Å². The van der Waals surface area contributed by atoms with E-state index >= 15 is 0 Å². The number of ether oxygens (including phenoxy) is 3. The average Bonchev–Trinajstić information content (AvgIpc) is 3.33. The highest BCUT2D eigenvalue weighted by molar-refractivity contribution is 6.30. The molecule has 2 aromatic carbocycles. The van der Waals surface area contributed by atoms with Crippen LogP contribution in [0.15, 0.2) is 53.5 Å². The highest BCUT2D eigenvalue weighted by atomic mass is 35.5. The van der Waals surface area contributed by atoms with Gasteiger partial charge in [-0.15, -0.1) is 0 Å². The summed E-state index contributed by atoms with van der Waals surface area (Å²) in [5.41, 5.74) is 5.66. The second-order valence-corrected chi connectivity index (χ2v) is 12.0. The Balaban J connectivity index is 1.40. The van der Waals surface area contributed by atoms with Crippen molar-refractivity contribution in [1.82, 2.24) is 19.6 Å². The molecule has 220 valence electrons. The molecule has 0 N–H and O–H groups in total. The zero-order valence-electron chi connectivity index (χ0n) is 24.1. The second-order valence-electron chi connectivity index (χ2n) is 11.5. The summed E-state index contributed by atoms with van der Waals surface area (Å²) in [6.07, 6.45) is 2.68. The normalized spacial score (nSPS) is 19.6. The number of carbonyl (C=O) groups is 1. The molecule has 3 atom stereocenters. The van der Waals surface area contributed by atoms with Crippen molar-refractivity contribution in [3.63, 3.8) is 0 Å². The molecule has 4 heterocycles. The number of pyridine rings is 1. The quantitative estimate of drug-likeness (QED) is 0.308. The van der Waals surface area contributed by atoms with Gasteiger partial charge in [-0.05, 0) is 58.9 Å². The predicted molar refractivity (Wildman–Crippen MR) is 160 cm³/mol. The third-order valence-electron chi connectivity index (χ3n) is 8.14. The van der Waals surface area contributed by atoms with Gasteiger partial charge in [-0.2, -0.15) is 15.0 Å². The summed E-state index contributed by atoms with van der Waals surface area (Å²) in [5, 5.41) is 9.31. The van der Waals surface area contributed by atoms with E-state index in [1.807, 2.05) is 36.4 Å². The lowest BCUT2D eigenvalue weighted by Crippen LogP contribution is -2.37. The molecule has 6 rings (SSSR count). The molecule has 0 unspecified atom stereocenters. The van der Waals surface area contributed by atoms with Gasteiger partial charge in [0.2, 0.25) is 0 Å². The highest BCUT2D eigenvalue weighted by Gasteiger charge is 2.30. The molecule has 0 aliphatic carbocycles. The number of nitrogens with zero attached hydrogens (tertiary/aromatic N) is 4. The Kier molecular flexibility index (Phi) is 8.27. The summed E-state index contributed by atoms with van der Waals surface area (Å²) in [6, 6.07) is 12.3. The van der Waals surface area contributed by atoms with Crippen LogP contribution in [0, 0.1) is 5.92 Å². The maximum absolute atomic E-state index is 14.0. The number of Topliss-reactive ketones (excluding diaryl/α,β-unsaturated/α-hetero) is 1. The summed E-state index contributed by atoms with van der Waals surface area (Å²) in [6.45, 7) is 5.95. The molecule has 0 radical (unpaired) electrons. The smallest absolute Gasteiger partial charge is 0.251 e. The van der Waals surface area contributed by atoms with Gasteiger partial charge in [0, 0.05) is 42.7 Å². The van der Waals surface area contributed by atoms with E-state index in [1.165, 1.54) is 4.80 Å². The molecule has 0 saturated carbocycles. The van der Waals surface area contributed by atoms with E-state index in [0.29, 0.717) is 43.8 Å². The summed E-state index contributed by atoms with van der Waals surface area (Å²) < 4.78 is 19.5. The van der Waals surface area contributed by atoms with Crippen molar-refractivity contribution in [1.29, 1.82) is 0 Å². The fourth-order valence-electron chi connectivity index (χ4n) is 5.90. The van der Waals surface area contributed by atoms with Crippen molar-refractivity contribution in [3.8, 4) is 11.1 Å². The molecule has 1 fully saturated rings. The maximum atomic E-state index is 14.0. The third kappa shape index (κ3) is 6.06. The third-order valence-corrected chi connectivity index (χ3v) is 8.38. The summed E-state index contributed by atoms with van der Waals surface area (Å²) >= 11 is 6.43. The van der Waals surface area contributed by atoms with Gasteiger partial charge in [-0.25, -0.2) is 0 Å². The monoisotopic (exact) mass is 590 g/mol. The van der Waals surface area contributed by atoms with E-state index in [0.717, 1.165) is 45.3 Å². The van der Waals surface area contributed by atoms with Crippen molar-refractivity contribution >= 4 is 28.4 Å². The molecule has 0 bridgehead atoms. The van der Waals surface area contributed by atoms with Gasteiger partial charge < -0.3 is 18.8 Å². The molecule has 10 heteroatoms. The number of hydrogen-bond acceptors (Lipinski definition) is 7. The molecule has 2 aliphatic rings. The Morgan fingerprint density at radius 1 is 1.02 bits per heavy atom. The SMILES string of the molecule is CC(C)[C@@H]1Cc2ccc(Cl)cc2-c2cc(=O)n([C@@H](C[C@@H]3COCCO3)C(=O)Cc3ccc4nn(C)nc4c3)cc2CO1. The van der Waals surface area contributed by atoms with Crippen LogP contribution in [-0.4, -0.2) is 57.4 Å². The van der Waals surface area contributed by atoms with Gasteiger partial charge in [0.05, 0.1) is 44.7 Å². The Morgan fingerprint density at radius 2 is 1.83 bits per heavy atom. The molecule has 0 amide bonds. The molecule has 9 nitrogen and oxygen atoms in total. The lowest BCUT2D eigenvalue weighted by atomic mass is 9.89. The van der Waals surface area contributed by atoms with E-state index < -0.39 is 6.04 Å². The number of ketones is 1. The van der Waals surface area contributed by atoms with Crippen LogP contribution in [0.1, 0.15) is 43.0 Å². The van der Waals surface area contributed by atoms with E-state index in [4.69, 9.17) is 25.8 Å². The molecule has 0 spiro atoms. The lowest BCUT2D eigenvalue weighted by molar-refractivity contribution is -0.126. The molecule has 2 aliphatic heterocycles. The van der Waals surface area contributed by atoms with Crippen molar-refractivity contribution in [2.24, 2.45) is 13.0 Å². The van der Waals surface area contributed by atoms with Crippen molar-refractivity contribution in [2.45, 2.75) is 58.0 Å². The predicted octanol–water partition coefficient (Wildman–Crippen LogP) is 4.71. The van der Waals surface area contributed by atoms with Crippen molar-refractivity contribution < 1.29 is 19.0 Å². The molecule has 2 aromatic heterocycles. The zero-order valence-corrected chi connectivity index (χ0v) is 24.8. The van der Waals surface area contributed by atoms with E-state index in [1.54, 1.807) is 23.9 Å². The number of hydrogen-bond donors (Lipinski definition) is 0. The molecule has 4 aromatic rings. The van der Waals surface area contributed by atoms with Crippen LogP contribution in [0.25, 0.3) is 22.2 Å². The van der Waals surface area contributed by atoms with Gasteiger partial charge in [0.25, 0.3) is 5.56 Å². The number of fused-ring (bicyclic) bond motifs is 4. The standard InChI is InChI=1S/C32H35ClN4O5/c1-19(2)31-12-21-5-6-23(33)13-25(21)26-15-32(39)37(16-22(26)17-42-31)29(14-24-18-40-8-9-41-24)30(38)11-20-4-7-27-28(10-20)35-36(3)34-27/h4-7,10,13,15-16,19,24,29,31H,8-9,11-12,14,17-18H2,1-3H3/t24-,29+,31+/m1/s1. The molecule has 42 heavy (non-hydrogen) atoms. The molecular formula is C32H35ClN4O5. The molecule has 1 saturated heterocycles. The van der Waals surface area contributed by atoms with Gasteiger partial charge >= 0.3 is 0 Å². The van der Waals surface area contributed by atoms with Gasteiger partial charge in [-0.3, -0.25) is 9.59 Å². The van der Waals surface area contributed by atoms with E-state index in [-0.39, 0.29) is 30.0 Å². The average molecular weight is 591 g/mol. The summed E-state index contributed by atoms with van der Waals surface area (Å²) in [5.74, 6) is 0.204. The number of rotatable bonds is 7. The van der Waals surface area contributed by atoms with E-state index in [9.17, 15) is 9.59 Å². The van der Waals surface area contributed by atoms with Crippen LogP contribution >= 0.6 is 11.6 Å². The van der Waals surface area contributed by atoms with Crippen LogP contribution in [0.5, 0.6) is 0 Å². The van der Waals surface area contributed by atoms with Crippen molar-refractivity contribution in [2.75, 3.05) is 19.8 Å². The summed E-state index contributed by atoms with van der Waals surface area (Å²) in [4.78, 5) is 29.3. The Morgan fingerprint density at radius 3 is 2.62 bits per heavy atom. The van der Waals surface area contributed by atoms with E-state index in [2.05, 4.69) is 24.0 Å². The Hall–Kier alpha value is -3.37. The minimum Gasteiger partial charge on any atom is -0.376 e. The van der Waals surface area contributed by atoms with Crippen LogP contribution in [-0.2, 0) is 45.5 Å². The van der Waals surface area contributed by atoms with Gasteiger partial charge in [-0.1, -0.05) is 37.6 Å². The number of halogens is 1. The fourth-order valence-corrected chi connectivity index (χ4v) is 6.07. The zero-order chi connectivity index (χ0) is 29.4. The van der Waals surface area contributed by atoms with Crippen LogP contribution in [0.4, 0.5) is 0 Å². The first-order chi connectivity index (χ1) is 20.2. The number of aryl methyl sites for hydroxylation is 1. The molecular weight excluding hydrogens is 556 g/mol. The largest absolute Gasteiger partial charge is 0.376 e. The minimum atomic E-state index is -0.753. The van der Waals surface area contributed by atoms with Crippen LogP contribution < -0.4 is 5.56 Å². The second kappa shape index (κ2) is 12.1. The Bertz CT molecular complexity index is 1670. The highest BCUT2D eigenvalue weighted by Crippen LogP contribution is 2.34. The summed E-state index contributed by atoms with van der Waals surface area (Å²) in [7, 11) is 1.76. The van der Waals surface area contributed by atoms with Crippen molar-refractivity contribution in [3.05, 3.63) is 80.7 Å². The first-order valence-corrected chi connectivity index (χ1v) is 14.8. The number of carbonyl (C=O) groups excluding carboxylic acids is 1. The number of aromatic nitrogens is 4. The lowest BCUT2D eigenvalue weighted by Gasteiger charge is -2.30. The Labute approximate surface area is 249 Å². The first kappa shape index (κ1) is 28.7. The minimum absolute atomic E-state index is 0.000303. The maximum Gasteiger partial charge on any atom is 0.251 e. The number of benzene rings is 2. The van der Waals surface area contributed by atoms with Crippen LogP contribution in [0.3, 0.4) is 0 Å². The van der Waals surface area contributed by atoms with Gasteiger partial charge in [0.15, 0.2) is 5.78 Å². The first-order valence-electron chi connectivity index (χ1n) is 14.4.